The van der Waals surface area contributed by atoms with Gasteiger partial charge in [-0.2, -0.15) is 0 Å². The van der Waals surface area contributed by atoms with Gasteiger partial charge in [0.05, 0.1) is 0 Å². The van der Waals surface area contributed by atoms with Crippen molar-refractivity contribution in [1.82, 2.24) is 10.2 Å². The lowest BCUT2D eigenvalue weighted by atomic mass is 9.81. The molecule has 0 aromatic carbocycles. The minimum Gasteiger partial charge on any atom is -0.312 e. The van der Waals surface area contributed by atoms with Crippen molar-refractivity contribution >= 4 is 0 Å². The number of rotatable bonds is 7. The first-order valence-corrected chi connectivity index (χ1v) is 6.39. The van der Waals surface area contributed by atoms with Gasteiger partial charge in [0.2, 0.25) is 0 Å². The van der Waals surface area contributed by atoms with Gasteiger partial charge in [0, 0.05) is 18.0 Å². The normalized spacial score (nSPS) is 13.4. The summed E-state index contributed by atoms with van der Waals surface area (Å²) in [4.78, 5) is 2.36. The average molecular weight is 224 g/mol. The molecule has 0 bridgehead atoms. The maximum atomic E-state index is 3.60. The van der Waals surface area contributed by atoms with E-state index in [1.165, 1.54) is 0 Å². The van der Waals surface area contributed by atoms with Crippen molar-refractivity contribution < 1.29 is 0 Å². The highest BCUT2D eigenvalue weighted by Crippen LogP contribution is 2.27. The molecule has 1 unspecified atom stereocenters. The molecular weight excluding hydrogens is 196 g/mol. The highest BCUT2D eigenvalue weighted by atomic mass is 15.2. The van der Waals surface area contributed by atoms with E-state index >= 15 is 0 Å². The lowest BCUT2D eigenvalue weighted by Gasteiger charge is -2.45. The summed E-state index contributed by atoms with van der Waals surface area (Å²) in [5.41, 5.74) is 0.222. The van der Waals surface area contributed by atoms with Crippen LogP contribution in [0.5, 0.6) is 0 Å². The maximum absolute atomic E-state index is 3.60. The Hall–Kier alpha value is -0.520. The van der Waals surface area contributed by atoms with Gasteiger partial charge in [-0.3, -0.25) is 0 Å². The molecule has 1 atom stereocenters. The summed E-state index contributed by atoms with van der Waals surface area (Å²) in [5, 5.41) is 3.60. The molecule has 0 aliphatic heterocycles. The van der Waals surface area contributed by atoms with Gasteiger partial charge in [0.25, 0.3) is 0 Å². The third-order valence-corrected chi connectivity index (χ3v) is 3.70. The zero-order valence-corrected chi connectivity index (χ0v) is 11.9. The van der Waals surface area contributed by atoms with Gasteiger partial charge in [0.15, 0.2) is 0 Å². The van der Waals surface area contributed by atoms with Crippen LogP contribution in [-0.2, 0) is 0 Å². The molecule has 94 valence electrons. The molecule has 0 saturated carbocycles. The number of hydrogen-bond donors (Lipinski definition) is 1. The van der Waals surface area contributed by atoms with E-state index < -0.39 is 0 Å². The molecule has 0 aliphatic carbocycles. The van der Waals surface area contributed by atoms with E-state index in [4.69, 9.17) is 0 Å². The summed E-state index contributed by atoms with van der Waals surface area (Å²) in [5.74, 6) is 6.23. The average Bonchev–Trinajstić information content (AvgIpc) is 2.27. The monoisotopic (exact) mass is 224 g/mol. The van der Waals surface area contributed by atoms with Crippen LogP contribution in [0.3, 0.4) is 0 Å². The highest BCUT2D eigenvalue weighted by Gasteiger charge is 2.36. The molecule has 2 heteroatoms. The molecule has 0 aromatic rings. The fraction of sp³-hybridized carbons (Fsp3) is 0.857. The van der Waals surface area contributed by atoms with E-state index in [1.54, 1.807) is 0 Å². The van der Waals surface area contributed by atoms with Crippen molar-refractivity contribution in [2.75, 3.05) is 20.6 Å². The van der Waals surface area contributed by atoms with Gasteiger partial charge in [-0.25, -0.2) is 0 Å². The van der Waals surface area contributed by atoms with Gasteiger partial charge in [-0.05, 0) is 40.4 Å². The quantitative estimate of drug-likeness (QED) is 0.668. The molecule has 0 fully saturated rings. The van der Waals surface area contributed by atoms with E-state index in [2.05, 4.69) is 56.9 Å². The van der Waals surface area contributed by atoms with Crippen LogP contribution >= 0.6 is 0 Å². The Morgan fingerprint density at radius 2 is 1.75 bits per heavy atom. The van der Waals surface area contributed by atoms with E-state index in [9.17, 15) is 0 Å². The van der Waals surface area contributed by atoms with Crippen LogP contribution in [-0.4, -0.2) is 37.1 Å². The van der Waals surface area contributed by atoms with Crippen LogP contribution < -0.4 is 5.32 Å². The molecule has 0 radical (unpaired) electrons. The van der Waals surface area contributed by atoms with Crippen molar-refractivity contribution in [2.45, 2.75) is 58.5 Å². The fourth-order valence-corrected chi connectivity index (χ4v) is 2.59. The third kappa shape index (κ3) is 3.50. The summed E-state index contributed by atoms with van der Waals surface area (Å²) >= 11 is 0. The standard InChI is InChI=1S/C14H28N2/c1-7-11-12-13(15-10-4)14(8-2,9-3)16(5)6/h13,15H,8-10,12H2,1-6H3. The summed E-state index contributed by atoms with van der Waals surface area (Å²) in [6, 6.07) is 0.454. The summed E-state index contributed by atoms with van der Waals surface area (Å²) in [6.07, 6.45) is 3.24. The van der Waals surface area contributed by atoms with E-state index in [0.717, 1.165) is 25.8 Å². The number of nitrogens with zero attached hydrogens (tertiary/aromatic N) is 1. The Balaban J connectivity index is 4.96. The van der Waals surface area contributed by atoms with Crippen molar-refractivity contribution in [1.29, 1.82) is 0 Å². The first-order valence-electron chi connectivity index (χ1n) is 6.39. The zero-order chi connectivity index (χ0) is 12.6. The van der Waals surface area contributed by atoms with Gasteiger partial charge in [0.1, 0.15) is 0 Å². The Morgan fingerprint density at radius 1 is 1.19 bits per heavy atom. The van der Waals surface area contributed by atoms with Crippen LogP contribution in [0.1, 0.15) is 47.0 Å². The topological polar surface area (TPSA) is 15.3 Å². The first-order chi connectivity index (χ1) is 7.58. The van der Waals surface area contributed by atoms with Gasteiger partial charge >= 0.3 is 0 Å². The molecule has 0 saturated heterocycles. The fourth-order valence-electron chi connectivity index (χ4n) is 2.59. The second-order valence-electron chi connectivity index (χ2n) is 4.45. The van der Waals surface area contributed by atoms with E-state index in [0.29, 0.717) is 6.04 Å². The van der Waals surface area contributed by atoms with Crippen LogP contribution in [0.2, 0.25) is 0 Å². The number of likely N-dealkylation sites (N-methyl/N-ethyl adjacent to an activating group) is 2. The Labute approximate surface area is 102 Å². The van der Waals surface area contributed by atoms with Crippen molar-refractivity contribution in [3.05, 3.63) is 0 Å². The van der Waals surface area contributed by atoms with Crippen molar-refractivity contribution in [3.8, 4) is 11.8 Å². The largest absolute Gasteiger partial charge is 0.312 e. The second-order valence-corrected chi connectivity index (χ2v) is 4.45. The predicted octanol–water partition coefficient (Wildman–Crippen LogP) is 2.50. The Bertz CT molecular complexity index is 231. The smallest absolute Gasteiger partial charge is 0.0361 e. The number of nitrogens with one attached hydrogen (secondary N) is 1. The van der Waals surface area contributed by atoms with Gasteiger partial charge < -0.3 is 10.2 Å². The minimum absolute atomic E-state index is 0.222. The van der Waals surface area contributed by atoms with Crippen LogP contribution in [0.15, 0.2) is 0 Å². The summed E-state index contributed by atoms with van der Waals surface area (Å²) in [6.45, 7) is 9.63. The van der Waals surface area contributed by atoms with Crippen LogP contribution in [0.25, 0.3) is 0 Å². The van der Waals surface area contributed by atoms with Crippen LogP contribution in [0.4, 0.5) is 0 Å². The van der Waals surface area contributed by atoms with E-state index in [-0.39, 0.29) is 5.54 Å². The molecule has 0 spiro atoms. The van der Waals surface area contributed by atoms with Gasteiger partial charge in [-0.1, -0.05) is 20.8 Å². The minimum atomic E-state index is 0.222. The van der Waals surface area contributed by atoms with Gasteiger partial charge in [-0.15, -0.1) is 11.8 Å². The molecule has 0 aliphatic rings. The molecule has 0 aromatic heterocycles. The Morgan fingerprint density at radius 3 is 2.06 bits per heavy atom. The molecule has 1 N–H and O–H groups in total. The first kappa shape index (κ1) is 15.5. The van der Waals surface area contributed by atoms with Crippen molar-refractivity contribution in [2.24, 2.45) is 0 Å². The van der Waals surface area contributed by atoms with Crippen LogP contribution in [0, 0.1) is 11.8 Å². The molecule has 16 heavy (non-hydrogen) atoms. The highest BCUT2D eigenvalue weighted by molar-refractivity contribution is 5.06. The lowest BCUT2D eigenvalue weighted by Crippen LogP contribution is -2.58. The Kier molecular flexibility index (Phi) is 7.45. The summed E-state index contributed by atoms with van der Waals surface area (Å²) in [7, 11) is 4.35. The zero-order valence-electron chi connectivity index (χ0n) is 11.9. The van der Waals surface area contributed by atoms with Crippen molar-refractivity contribution in [3.63, 3.8) is 0 Å². The third-order valence-electron chi connectivity index (χ3n) is 3.70. The second kappa shape index (κ2) is 7.70. The SMILES string of the molecule is CC#CCC(NCC)C(CC)(CC)N(C)C. The molecule has 2 nitrogen and oxygen atoms in total. The molecular formula is C14H28N2. The molecule has 0 rings (SSSR count). The molecule has 0 amide bonds. The maximum Gasteiger partial charge on any atom is 0.0361 e. The lowest BCUT2D eigenvalue weighted by molar-refractivity contribution is 0.0910. The summed E-state index contributed by atoms with van der Waals surface area (Å²) < 4.78 is 0. The predicted molar refractivity (Wildman–Crippen MR) is 72.5 cm³/mol. The number of hydrogen-bond acceptors (Lipinski definition) is 2. The molecule has 0 heterocycles. The van der Waals surface area contributed by atoms with E-state index in [1.807, 2.05) is 6.92 Å².